The first-order valence-electron chi connectivity index (χ1n) is 13.0. The summed E-state index contributed by atoms with van der Waals surface area (Å²) >= 11 is 3.68. The number of halogens is 1. The molecule has 1 aliphatic rings. The van der Waals surface area contributed by atoms with Gasteiger partial charge in [-0.25, -0.2) is 0 Å². The monoisotopic (exact) mass is 472 g/mol. The number of alkyl halides is 1. The summed E-state index contributed by atoms with van der Waals surface area (Å²) in [5.74, 6) is 0.216. The first-order valence-corrected chi connectivity index (χ1v) is 13.9. The van der Waals surface area contributed by atoms with Crippen molar-refractivity contribution in [2.75, 3.05) is 6.61 Å². The molecule has 2 nitrogen and oxygen atoms in total. The van der Waals surface area contributed by atoms with Crippen molar-refractivity contribution in [1.82, 2.24) is 0 Å². The molecule has 172 valence electrons. The smallest absolute Gasteiger partial charge is 0.124 e. The maximum atomic E-state index is 11.2. The van der Waals surface area contributed by atoms with Crippen LogP contribution < -0.4 is 0 Å². The van der Waals surface area contributed by atoms with E-state index in [1.165, 1.54) is 115 Å². The van der Waals surface area contributed by atoms with Crippen LogP contribution in [-0.4, -0.2) is 23.8 Å². The average Bonchev–Trinajstić information content (AvgIpc) is 2.74. The molecule has 1 fully saturated rings. The third kappa shape index (κ3) is 15.5. The Kier molecular flexibility index (Phi) is 18.8. The van der Waals surface area contributed by atoms with Gasteiger partial charge in [0.25, 0.3) is 0 Å². The van der Waals surface area contributed by atoms with E-state index in [4.69, 9.17) is 4.74 Å². The van der Waals surface area contributed by atoms with Gasteiger partial charge in [-0.3, -0.25) is 0 Å². The largest absolute Gasteiger partial charge is 0.378 e. The van der Waals surface area contributed by atoms with Crippen molar-refractivity contribution in [3.8, 4) is 0 Å². The molecule has 0 amide bonds. The summed E-state index contributed by atoms with van der Waals surface area (Å²) in [4.78, 5) is 11.6. The summed E-state index contributed by atoms with van der Waals surface area (Å²) in [6.07, 6.45) is 28.1. The molecular weight excluding hydrogens is 424 g/mol. The molecule has 1 saturated carbocycles. The maximum Gasteiger partial charge on any atom is 0.124 e. The summed E-state index contributed by atoms with van der Waals surface area (Å²) in [5, 5.41) is 0. The molecule has 0 aromatic carbocycles. The van der Waals surface area contributed by atoms with Gasteiger partial charge in [-0.2, -0.15) is 0 Å². The van der Waals surface area contributed by atoms with Crippen molar-refractivity contribution in [3.63, 3.8) is 0 Å². The van der Waals surface area contributed by atoms with Crippen molar-refractivity contribution in [1.29, 1.82) is 0 Å². The van der Waals surface area contributed by atoms with Gasteiger partial charge in [0, 0.05) is 17.4 Å². The highest BCUT2D eigenvalue weighted by Gasteiger charge is 2.16. The molecule has 0 aromatic rings. The molecule has 1 aliphatic carbocycles. The fraction of sp³-hybridized carbons (Fsp3) is 0.962. The maximum absolute atomic E-state index is 11.2. The zero-order valence-electron chi connectivity index (χ0n) is 19.4. The standard InChI is InChI=1S/C26H49BrO2/c1-2-18-26(27)24(23-28)19-14-11-9-7-5-3-4-6-8-10-12-17-22-29-25-20-15-13-16-21-25/h23-26H,2-22H2,1H3. The topological polar surface area (TPSA) is 26.3 Å². The zero-order chi connectivity index (χ0) is 21.0. The van der Waals surface area contributed by atoms with E-state index in [0.717, 1.165) is 25.9 Å². The average molecular weight is 474 g/mol. The molecule has 0 radical (unpaired) electrons. The second kappa shape index (κ2) is 20.0. The minimum atomic E-state index is 0.216. The first-order chi connectivity index (χ1) is 14.3. The third-order valence-electron chi connectivity index (χ3n) is 6.54. The molecule has 3 heteroatoms. The van der Waals surface area contributed by atoms with Crippen LogP contribution in [0.2, 0.25) is 0 Å². The van der Waals surface area contributed by atoms with E-state index in [0.29, 0.717) is 10.9 Å². The van der Waals surface area contributed by atoms with Gasteiger partial charge < -0.3 is 9.53 Å². The van der Waals surface area contributed by atoms with E-state index in [1.54, 1.807) is 0 Å². The summed E-state index contributed by atoms with van der Waals surface area (Å²) in [7, 11) is 0. The predicted octanol–water partition coefficient (Wildman–Crippen LogP) is 8.79. The SMILES string of the molecule is CCCC(Br)C(C=O)CCCCCCCCCCCCCCOC1CCCCC1. The lowest BCUT2D eigenvalue weighted by Gasteiger charge is -2.21. The van der Waals surface area contributed by atoms with Crippen molar-refractivity contribution >= 4 is 22.2 Å². The Hall–Kier alpha value is 0.110. The third-order valence-corrected chi connectivity index (χ3v) is 7.68. The molecule has 0 aromatic heterocycles. The van der Waals surface area contributed by atoms with Crippen molar-refractivity contribution in [2.45, 2.75) is 146 Å². The summed E-state index contributed by atoms with van der Waals surface area (Å²) in [6.45, 7) is 3.18. The quantitative estimate of drug-likeness (QED) is 0.100. The van der Waals surface area contributed by atoms with Crippen LogP contribution in [0.1, 0.15) is 135 Å². The molecule has 0 N–H and O–H groups in total. The van der Waals surface area contributed by atoms with Crippen LogP contribution >= 0.6 is 15.9 Å². The van der Waals surface area contributed by atoms with E-state index in [2.05, 4.69) is 22.9 Å². The molecule has 0 saturated heterocycles. The minimum absolute atomic E-state index is 0.216. The zero-order valence-corrected chi connectivity index (χ0v) is 20.9. The highest BCUT2D eigenvalue weighted by Crippen LogP contribution is 2.23. The number of carbonyl (C=O) groups is 1. The van der Waals surface area contributed by atoms with Gasteiger partial charge in [0.15, 0.2) is 0 Å². The molecule has 2 unspecified atom stereocenters. The molecule has 2 atom stereocenters. The lowest BCUT2D eigenvalue weighted by atomic mass is 9.96. The highest BCUT2D eigenvalue weighted by molar-refractivity contribution is 9.09. The van der Waals surface area contributed by atoms with Crippen LogP contribution in [-0.2, 0) is 9.53 Å². The molecule has 1 rings (SSSR count). The summed E-state index contributed by atoms with van der Waals surface area (Å²) < 4.78 is 6.01. The summed E-state index contributed by atoms with van der Waals surface area (Å²) in [5.41, 5.74) is 0. The predicted molar refractivity (Wildman–Crippen MR) is 130 cm³/mol. The van der Waals surface area contributed by atoms with Crippen LogP contribution in [0.4, 0.5) is 0 Å². The molecule has 29 heavy (non-hydrogen) atoms. The fourth-order valence-electron chi connectivity index (χ4n) is 4.56. The number of ether oxygens (including phenoxy) is 1. The number of unbranched alkanes of at least 4 members (excludes halogenated alkanes) is 11. The molecule has 0 aliphatic heterocycles. The van der Waals surface area contributed by atoms with Crippen molar-refractivity contribution in [2.24, 2.45) is 5.92 Å². The lowest BCUT2D eigenvalue weighted by molar-refractivity contribution is -0.111. The Morgan fingerprint density at radius 1 is 0.793 bits per heavy atom. The van der Waals surface area contributed by atoms with Gasteiger partial charge >= 0.3 is 0 Å². The van der Waals surface area contributed by atoms with Crippen LogP contribution in [0.5, 0.6) is 0 Å². The molecule has 0 spiro atoms. The van der Waals surface area contributed by atoms with Gasteiger partial charge in [0.05, 0.1) is 6.10 Å². The number of carbonyl (C=O) groups excluding carboxylic acids is 1. The van der Waals surface area contributed by atoms with E-state index < -0.39 is 0 Å². The van der Waals surface area contributed by atoms with Crippen LogP contribution in [0, 0.1) is 5.92 Å². The second-order valence-corrected chi connectivity index (χ2v) is 10.4. The Bertz CT molecular complexity index is 355. The van der Waals surface area contributed by atoms with E-state index in [1.807, 2.05) is 0 Å². The van der Waals surface area contributed by atoms with Crippen LogP contribution in [0.25, 0.3) is 0 Å². The molecule has 0 heterocycles. The van der Waals surface area contributed by atoms with Crippen LogP contribution in [0.15, 0.2) is 0 Å². The van der Waals surface area contributed by atoms with Gasteiger partial charge in [0.2, 0.25) is 0 Å². The first kappa shape index (κ1) is 27.1. The van der Waals surface area contributed by atoms with Crippen molar-refractivity contribution < 1.29 is 9.53 Å². The summed E-state index contributed by atoms with van der Waals surface area (Å²) in [6, 6.07) is 0. The highest BCUT2D eigenvalue weighted by atomic mass is 79.9. The van der Waals surface area contributed by atoms with E-state index in [-0.39, 0.29) is 5.92 Å². The normalized spacial score (nSPS) is 17.3. The number of aldehydes is 1. The van der Waals surface area contributed by atoms with E-state index in [9.17, 15) is 4.79 Å². The van der Waals surface area contributed by atoms with Gasteiger partial charge in [-0.05, 0) is 32.1 Å². The number of rotatable bonds is 20. The molecular formula is C26H49BrO2. The number of hydrogen-bond donors (Lipinski definition) is 0. The minimum Gasteiger partial charge on any atom is -0.378 e. The Morgan fingerprint density at radius 3 is 1.83 bits per heavy atom. The van der Waals surface area contributed by atoms with Crippen molar-refractivity contribution in [3.05, 3.63) is 0 Å². The van der Waals surface area contributed by atoms with Gasteiger partial charge in [-0.1, -0.05) is 119 Å². The Balaban J connectivity index is 1.76. The van der Waals surface area contributed by atoms with Gasteiger partial charge in [-0.15, -0.1) is 0 Å². The van der Waals surface area contributed by atoms with E-state index >= 15 is 0 Å². The Morgan fingerprint density at radius 2 is 1.31 bits per heavy atom. The second-order valence-electron chi connectivity index (χ2n) is 9.27. The number of hydrogen-bond acceptors (Lipinski definition) is 2. The molecule has 0 bridgehead atoms. The van der Waals surface area contributed by atoms with Crippen LogP contribution in [0.3, 0.4) is 0 Å². The Labute approximate surface area is 190 Å². The van der Waals surface area contributed by atoms with Gasteiger partial charge in [0.1, 0.15) is 6.29 Å². The lowest BCUT2D eigenvalue weighted by Crippen LogP contribution is -2.17. The fourth-order valence-corrected chi connectivity index (χ4v) is 5.40.